The van der Waals surface area contributed by atoms with Crippen molar-refractivity contribution >= 4 is 34.4 Å². The number of alkyl halides is 1. The Hall–Kier alpha value is -0.810. The summed E-state index contributed by atoms with van der Waals surface area (Å²) in [6.45, 7) is 1.97. The van der Waals surface area contributed by atoms with Gasteiger partial charge in [0, 0.05) is 24.1 Å². The molecule has 0 bridgehead atoms. The third-order valence-electron chi connectivity index (χ3n) is 2.98. The van der Waals surface area contributed by atoms with E-state index < -0.39 is 11.6 Å². The fraction of sp³-hybridized carbons (Fsp3) is 0.462. The summed E-state index contributed by atoms with van der Waals surface area (Å²) in [6.07, 6.45) is 2.52. The van der Waals surface area contributed by atoms with Gasteiger partial charge in [-0.2, -0.15) is 11.8 Å². The molecule has 6 heteroatoms. The van der Waals surface area contributed by atoms with Crippen LogP contribution in [-0.4, -0.2) is 27.4 Å². The molecule has 0 saturated heterocycles. The second-order valence-electron chi connectivity index (χ2n) is 4.37. The van der Waals surface area contributed by atoms with Crippen molar-refractivity contribution in [2.45, 2.75) is 19.4 Å². The standard InChI is InChI=1S/C13H15ClF2N2S/c1-8(7-19-2)18-11(5-6-14)17-10-4-3-9(15)12(16)13(10)18/h3-4,8H,5-7H2,1-2H3. The van der Waals surface area contributed by atoms with E-state index >= 15 is 0 Å². The first kappa shape index (κ1) is 14.6. The number of thioether (sulfide) groups is 1. The van der Waals surface area contributed by atoms with Crippen molar-refractivity contribution in [2.75, 3.05) is 17.9 Å². The normalized spacial score (nSPS) is 13.1. The van der Waals surface area contributed by atoms with Crippen LogP contribution in [0.15, 0.2) is 12.1 Å². The molecule has 2 nitrogen and oxygen atoms in total. The van der Waals surface area contributed by atoms with Gasteiger partial charge in [-0.05, 0) is 25.3 Å². The van der Waals surface area contributed by atoms with E-state index in [0.717, 1.165) is 11.8 Å². The van der Waals surface area contributed by atoms with E-state index in [4.69, 9.17) is 11.6 Å². The van der Waals surface area contributed by atoms with Gasteiger partial charge in [-0.15, -0.1) is 11.6 Å². The largest absolute Gasteiger partial charge is 0.322 e. The van der Waals surface area contributed by atoms with Crippen molar-refractivity contribution in [3.8, 4) is 0 Å². The first-order chi connectivity index (χ1) is 9.10. The number of aromatic nitrogens is 2. The number of hydrogen-bond donors (Lipinski definition) is 0. The van der Waals surface area contributed by atoms with E-state index in [1.54, 1.807) is 16.3 Å². The number of hydrogen-bond acceptors (Lipinski definition) is 2. The predicted octanol–water partition coefficient (Wildman–Crippen LogP) is 4.02. The van der Waals surface area contributed by atoms with E-state index in [2.05, 4.69) is 4.98 Å². The minimum absolute atomic E-state index is 0.0366. The van der Waals surface area contributed by atoms with Crippen LogP contribution in [0.4, 0.5) is 8.78 Å². The van der Waals surface area contributed by atoms with Crippen LogP contribution in [0, 0.1) is 11.6 Å². The maximum absolute atomic E-state index is 14.0. The lowest BCUT2D eigenvalue weighted by Gasteiger charge is -2.16. The van der Waals surface area contributed by atoms with Crippen molar-refractivity contribution in [3.63, 3.8) is 0 Å². The van der Waals surface area contributed by atoms with E-state index in [9.17, 15) is 8.78 Å². The van der Waals surface area contributed by atoms with Gasteiger partial charge in [-0.25, -0.2) is 13.8 Å². The second-order valence-corrected chi connectivity index (χ2v) is 5.66. The number of nitrogens with zero attached hydrogens (tertiary/aromatic N) is 2. The van der Waals surface area contributed by atoms with E-state index in [1.807, 2.05) is 13.2 Å². The number of aryl methyl sites for hydroxylation is 1. The summed E-state index contributed by atoms with van der Waals surface area (Å²) in [5.74, 6) is 0.230. The van der Waals surface area contributed by atoms with Crippen LogP contribution < -0.4 is 0 Å². The molecule has 1 heterocycles. The Morgan fingerprint density at radius 3 is 2.79 bits per heavy atom. The second kappa shape index (κ2) is 6.09. The smallest absolute Gasteiger partial charge is 0.184 e. The molecule has 1 atom stereocenters. The molecule has 1 unspecified atom stereocenters. The molecule has 2 aromatic rings. The number of rotatable bonds is 5. The van der Waals surface area contributed by atoms with Crippen molar-refractivity contribution in [3.05, 3.63) is 29.6 Å². The van der Waals surface area contributed by atoms with Crippen molar-refractivity contribution < 1.29 is 8.78 Å². The van der Waals surface area contributed by atoms with Gasteiger partial charge in [0.15, 0.2) is 11.6 Å². The van der Waals surface area contributed by atoms with Gasteiger partial charge >= 0.3 is 0 Å². The first-order valence-electron chi connectivity index (χ1n) is 5.99. The van der Waals surface area contributed by atoms with Gasteiger partial charge in [0.25, 0.3) is 0 Å². The molecule has 0 aliphatic carbocycles. The molecule has 0 aliphatic rings. The third kappa shape index (κ3) is 2.72. The Bertz CT molecular complexity index is 586. The molecule has 1 aromatic carbocycles. The lowest BCUT2D eigenvalue weighted by atomic mass is 10.2. The fourth-order valence-electron chi connectivity index (χ4n) is 2.22. The molecule has 1 aromatic heterocycles. The molecule has 0 fully saturated rings. The first-order valence-corrected chi connectivity index (χ1v) is 7.92. The van der Waals surface area contributed by atoms with Crippen LogP contribution in [0.5, 0.6) is 0 Å². The summed E-state index contributed by atoms with van der Waals surface area (Å²) >= 11 is 7.42. The third-order valence-corrected chi connectivity index (χ3v) is 3.99. The van der Waals surface area contributed by atoms with E-state index in [0.29, 0.717) is 23.6 Å². The van der Waals surface area contributed by atoms with Gasteiger partial charge < -0.3 is 4.57 Å². The molecule has 0 radical (unpaired) electrons. The summed E-state index contributed by atoms with van der Waals surface area (Å²) in [4.78, 5) is 4.37. The van der Waals surface area contributed by atoms with Crippen molar-refractivity contribution in [1.29, 1.82) is 0 Å². The topological polar surface area (TPSA) is 17.8 Å². The maximum atomic E-state index is 14.0. The Balaban J connectivity index is 2.67. The molecule has 0 aliphatic heterocycles. The SMILES string of the molecule is CSCC(C)n1c(CCCl)nc2ccc(F)c(F)c21. The Morgan fingerprint density at radius 2 is 2.16 bits per heavy atom. The lowest BCUT2D eigenvalue weighted by Crippen LogP contribution is -2.13. The zero-order valence-electron chi connectivity index (χ0n) is 10.8. The summed E-state index contributed by atoms with van der Waals surface area (Å²) in [5, 5.41) is 0. The van der Waals surface area contributed by atoms with Gasteiger partial charge in [0.2, 0.25) is 0 Å². The molecule has 0 spiro atoms. The van der Waals surface area contributed by atoms with Crippen LogP contribution in [0.3, 0.4) is 0 Å². The van der Waals surface area contributed by atoms with Gasteiger partial charge in [0.05, 0.1) is 5.52 Å². The highest BCUT2D eigenvalue weighted by atomic mass is 35.5. The van der Waals surface area contributed by atoms with E-state index in [-0.39, 0.29) is 11.6 Å². The summed E-state index contributed by atoms with van der Waals surface area (Å²) in [5.41, 5.74) is 0.716. The molecule has 0 N–H and O–H groups in total. The van der Waals surface area contributed by atoms with Crippen LogP contribution in [0.1, 0.15) is 18.8 Å². The van der Waals surface area contributed by atoms with Gasteiger partial charge in [0.1, 0.15) is 11.3 Å². The number of fused-ring (bicyclic) bond motifs is 1. The summed E-state index contributed by atoms with van der Waals surface area (Å²) in [6, 6.07) is 2.65. The zero-order valence-corrected chi connectivity index (χ0v) is 12.4. The van der Waals surface area contributed by atoms with Gasteiger partial charge in [-0.1, -0.05) is 0 Å². The van der Waals surface area contributed by atoms with Crippen LogP contribution in [0.25, 0.3) is 11.0 Å². The minimum Gasteiger partial charge on any atom is -0.322 e. The highest BCUT2D eigenvalue weighted by Gasteiger charge is 2.20. The van der Waals surface area contributed by atoms with Crippen molar-refractivity contribution in [2.24, 2.45) is 0 Å². The van der Waals surface area contributed by atoms with Gasteiger partial charge in [-0.3, -0.25) is 0 Å². The highest BCUT2D eigenvalue weighted by molar-refractivity contribution is 7.98. The maximum Gasteiger partial charge on any atom is 0.184 e. The quantitative estimate of drug-likeness (QED) is 0.777. The average Bonchev–Trinajstić information content (AvgIpc) is 2.74. The molecule has 19 heavy (non-hydrogen) atoms. The number of benzene rings is 1. The minimum atomic E-state index is -0.845. The Kier molecular flexibility index (Phi) is 4.68. The van der Waals surface area contributed by atoms with Crippen LogP contribution in [0.2, 0.25) is 0 Å². The lowest BCUT2D eigenvalue weighted by molar-refractivity contribution is 0.505. The Morgan fingerprint density at radius 1 is 1.42 bits per heavy atom. The number of halogens is 3. The van der Waals surface area contributed by atoms with Crippen molar-refractivity contribution in [1.82, 2.24) is 9.55 Å². The monoisotopic (exact) mass is 304 g/mol. The molecule has 2 rings (SSSR count). The summed E-state index contributed by atoms with van der Waals surface area (Å²) in [7, 11) is 0. The summed E-state index contributed by atoms with van der Waals surface area (Å²) < 4.78 is 29.2. The Labute approximate surface area is 120 Å². The zero-order chi connectivity index (χ0) is 14.0. The molecular weight excluding hydrogens is 290 g/mol. The highest BCUT2D eigenvalue weighted by Crippen LogP contribution is 2.27. The molecule has 0 amide bonds. The molecular formula is C13H15ClF2N2S. The predicted molar refractivity (Wildman–Crippen MR) is 77.2 cm³/mol. The molecule has 104 valence electrons. The number of imidazole rings is 1. The van der Waals surface area contributed by atoms with Crippen LogP contribution >= 0.6 is 23.4 Å². The van der Waals surface area contributed by atoms with E-state index in [1.165, 1.54) is 6.07 Å². The average molecular weight is 305 g/mol. The molecule has 0 saturated carbocycles. The fourth-order valence-corrected chi connectivity index (χ4v) is 3.02. The van der Waals surface area contributed by atoms with Crippen LogP contribution in [-0.2, 0) is 6.42 Å².